The predicted molar refractivity (Wildman–Crippen MR) is 387 cm³/mol. The SMILES string of the molecule is CC[C@H](C)[C@@H]([C@@H](CC(=O)N1CCC[C@H]1[C@H](OC)[C@@H](C)C(=O)N[C@@H](Cc1ccccc1)C(=O)NS(=O)(=O)c1ccc(C2(NC(=O)C(CCCNC(N)=O)NC(=O)[C@@H](NC(=O)CCOCCOCCOCCN3C(=O)C=CC3=O)C(C)C)CC2)cc1)OC)N(C)C(=O)[C@@H](NC(=O)[C@H](C(C)C)N(C)C)C(C)C. The quantitative estimate of drug-likeness (QED) is 0.0348. The van der Waals surface area contributed by atoms with Crippen LogP contribution in [0.1, 0.15) is 131 Å². The van der Waals surface area contributed by atoms with Gasteiger partial charge < -0.3 is 71.1 Å². The average Bonchev–Trinajstić information content (AvgIpc) is 1.60. The Labute approximate surface area is 612 Å². The van der Waals surface area contributed by atoms with E-state index in [1.165, 1.54) is 50.6 Å². The third-order valence-electron chi connectivity index (χ3n) is 19.4. The maximum atomic E-state index is 14.7. The van der Waals surface area contributed by atoms with E-state index in [-0.39, 0.29) is 137 Å². The Morgan fingerprint density at radius 3 is 1.83 bits per heavy atom. The summed E-state index contributed by atoms with van der Waals surface area (Å²) in [5.41, 5.74) is 5.44. The molecule has 2 aromatic rings. The Hall–Kier alpha value is -7.94. The first-order chi connectivity index (χ1) is 49.2. The fourth-order valence-corrected chi connectivity index (χ4v) is 14.3. The van der Waals surface area contributed by atoms with Gasteiger partial charge in [-0.3, -0.25) is 57.7 Å². The number of likely N-dealkylation sites (N-methyl/N-ethyl adjacent to an activating group) is 2. The van der Waals surface area contributed by atoms with E-state index in [1.54, 1.807) is 68.0 Å². The van der Waals surface area contributed by atoms with E-state index in [0.29, 0.717) is 49.8 Å². The van der Waals surface area contributed by atoms with Crippen molar-refractivity contribution in [3.05, 3.63) is 77.9 Å². The number of imide groups is 1. The first-order valence-corrected chi connectivity index (χ1v) is 37.5. The summed E-state index contributed by atoms with van der Waals surface area (Å²) in [6, 6.07) is 7.32. The molecule has 580 valence electrons. The topological polar surface area (TPSA) is 391 Å². The Balaban J connectivity index is 1.21. The van der Waals surface area contributed by atoms with Crippen molar-refractivity contribution >= 4 is 75.1 Å². The Morgan fingerprint density at radius 2 is 1.28 bits per heavy atom. The lowest BCUT2D eigenvalue weighted by atomic mass is 9.89. The van der Waals surface area contributed by atoms with Crippen LogP contribution in [0.5, 0.6) is 0 Å². The highest BCUT2D eigenvalue weighted by Gasteiger charge is 2.48. The number of urea groups is 1. The minimum absolute atomic E-state index is 0.0116. The van der Waals surface area contributed by atoms with Gasteiger partial charge in [0.15, 0.2) is 0 Å². The Bertz CT molecular complexity index is 3330. The second kappa shape index (κ2) is 41.7. The number of methoxy groups -OCH3 is 2. The number of sulfonamides is 1. The van der Waals surface area contributed by atoms with Crippen LogP contribution < -0.4 is 42.4 Å². The summed E-state index contributed by atoms with van der Waals surface area (Å²) >= 11 is 0. The van der Waals surface area contributed by atoms with Crippen LogP contribution in [0.25, 0.3) is 0 Å². The molecule has 2 heterocycles. The number of rotatable bonds is 46. The van der Waals surface area contributed by atoms with E-state index in [1.807, 2.05) is 60.5 Å². The second-order valence-electron chi connectivity index (χ2n) is 28.3. The van der Waals surface area contributed by atoms with Gasteiger partial charge in [0.05, 0.1) is 99.3 Å². The maximum absolute atomic E-state index is 14.7. The monoisotopic (exact) mass is 1480 g/mol. The van der Waals surface area contributed by atoms with Crippen LogP contribution in [0.15, 0.2) is 71.6 Å². The molecular weight excluding hydrogens is 1360 g/mol. The van der Waals surface area contributed by atoms with E-state index < -0.39 is 117 Å². The summed E-state index contributed by atoms with van der Waals surface area (Å²) in [7, 11) is 3.62. The molecule has 104 heavy (non-hydrogen) atoms. The molecule has 1 unspecified atom stereocenters. The normalized spacial score (nSPS) is 17.8. The zero-order chi connectivity index (χ0) is 77.2. The number of likely N-dealkylation sites (tertiary alicyclic amines) is 1. The lowest BCUT2D eigenvalue weighted by molar-refractivity contribution is -0.148. The molecule has 2 fully saturated rings. The highest BCUT2D eigenvalue weighted by atomic mass is 32.2. The molecule has 31 heteroatoms. The number of amides is 12. The molecule has 0 bridgehead atoms. The summed E-state index contributed by atoms with van der Waals surface area (Å²) in [5, 5.41) is 16.8. The summed E-state index contributed by atoms with van der Waals surface area (Å²) in [4.78, 5) is 154. The highest BCUT2D eigenvalue weighted by Crippen LogP contribution is 2.46. The van der Waals surface area contributed by atoms with Gasteiger partial charge in [-0.1, -0.05) is 111 Å². The summed E-state index contributed by atoms with van der Waals surface area (Å²) in [6.07, 6.45) is 3.25. The standard InChI is InChI=1S/C73H114N12O18S/c1-15-48(8)64(83(12)71(95)62(46(4)5)79-70(94)63(47(6)7)82(10)11)56(99-13)44-60(89)84-35-20-24-55(84)65(100-14)49(9)66(90)77-54(43-50-21-17-16-18-22-50)68(92)81-104(97,98)52-27-25-51(26-28-52)73(32-33-73)80-67(91)53(23-19-34-75-72(74)96)76-69(93)61(45(2)3)78-57(86)31-37-101-39-41-103-42-40-102-38-36-85-58(87)29-30-59(85)88/h16-18,21-22,25-30,45-49,53-56,61-65H,15,19-20,23-24,31-44H2,1-14H3,(H,76,93)(H,77,90)(H,78,86)(H,79,94)(H,80,91)(H,81,92)(H3,74,75,96)/t48-,49+,53?,54-,55-,56+,61-,62-,63-,64-,65+/m0/s1. The minimum Gasteiger partial charge on any atom is -0.379 e. The van der Waals surface area contributed by atoms with Crippen molar-refractivity contribution in [1.82, 2.24) is 56.2 Å². The van der Waals surface area contributed by atoms with Gasteiger partial charge in [0.2, 0.25) is 41.4 Å². The van der Waals surface area contributed by atoms with Crippen LogP contribution in [-0.4, -0.2) is 242 Å². The van der Waals surface area contributed by atoms with Crippen molar-refractivity contribution in [3.63, 3.8) is 0 Å². The van der Waals surface area contributed by atoms with Crippen molar-refractivity contribution in [2.75, 3.05) is 94.6 Å². The first-order valence-electron chi connectivity index (χ1n) is 36.0. The molecule has 1 saturated carbocycles. The van der Waals surface area contributed by atoms with Gasteiger partial charge in [0.25, 0.3) is 27.7 Å². The Morgan fingerprint density at radius 1 is 0.683 bits per heavy atom. The zero-order valence-electron chi connectivity index (χ0n) is 63.0. The van der Waals surface area contributed by atoms with Crippen LogP contribution in [0.4, 0.5) is 4.79 Å². The van der Waals surface area contributed by atoms with Crippen LogP contribution in [-0.2, 0) is 93.6 Å². The van der Waals surface area contributed by atoms with Gasteiger partial charge in [0.1, 0.15) is 24.2 Å². The molecule has 0 radical (unpaired) electrons. The second-order valence-corrected chi connectivity index (χ2v) is 30.0. The van der Waals surface area contributed by atoms with Crippen molar-refractivity contribution in [3.8, 4) is 0 Å². The van der Waals surface area contributed by atoms with E-state index >= 15 is 0 Å². The highest BCUT2D eigenvalue weighted by molar-refractivity contribution is 7.90. The fourth-order valence-electron chi connectivity index (χ4n) is 13.3. The molecule has 1 aliphatic carbocycles. The third-order valence-corrected chi connectivity index (χ3v) is 20.7. The smallest absolute Gasteiger partial charge is 0.312 e. The molecular formula is C73H114N12O18S. The summed E-state index contributed by atoms with van der Waals surface area (Å²) in [5.74, 6) is -6.90. The van der Waals surface area contributed by atoms with Crippen molar-refractivity contribution < 1.29 is 84.8 Å². The van der Waals surface area contributed by atoms with E-state index in [2.05, 4.69) is 36.6 Å². The van der Waals surface area contributed by atoms with Gasteiger partial charge in [-0.2, -0.15) is 0 Å². The molecule has 9 N–H and O–H groups in total. The number of hydrogen-bond donors (Lipinski definition) is 8. The van der Waals surface area contributed by atoms with Crippen molar-refractivity contribution in [2.45, 2.75) is 191 Å². The van der Waals surface area contributed by atoms with Crippen molar-refractivity contribution in [1.29, 1.82) is 0 Å². The van der Waals surface area contributed by atoms with Gasteiger partial charge in [-0.25, -0.2) is 17.9 Å². The number of carbonyl (C=O) groups is 11. The number of nitrogens with zero attached hydrogens (tertiary/aromatic N) is 4. The largest absolute Gasteiger partial charge is 0.379 e. The third kappa shape index (κ3) is 25.4. The maximum Gasteiger partial charge on any atom is 0.312 e. The molecule has 0 aromatic heterocycles. The average molecular weight is 1480 g/mol. The fraction of sp³-hybridized carbons (Fsp3) is 0.658. The molecule has 1 saturated heterocycles. The van der Waals surface area contributed by atoms with Gasteiger partial charge >= 0.3 is 6.03 Å². The molecule has 2 aromatic carbocycles. The van der Waals surface area contributed by atoms with E-state index in [4.69, 9.17) is 29.4 Å². The zero-order valence-corrected chi connectivity index (χ0v) is 63.8. The molecule has 5 rings (SSSR count). The number of nitrogens with two attached hydrogens (primary N) is 1. The molecule has 3 aliphatic rings. The minimum atomic E-state index is -4.62. The van der Waals surface area contributed by atoms with Gasteiger partial charge in [0, 0.05) is 59.4 Å². The number of primary amides is 1. The molecule has 0 spiro atoms. The molecule has 2 aliphatic heterocycles. The lowest BCUT2D eigenvalue weighted by Crippen LogP contribution is -2.59. The lowest BCUT2D eigenvalue weighted by Gasteiger charge is -2.41. The van der Waals surface area contributed by atoms with Crippen LogP contribution in [0.3, 0.4) is 0 Å². The van der Waals surface area contributed by atoms with Crippen molar-refractivity contribution in [2.24, 2.45) is 35.3 Å². The number of ether oxygens (including phenoxy) is 5. The van der Waals surface area contributed by atoms with E-state index in [0.717, 1.165) is 4.90 Å². The molecule has 11 atom stereocenters. The molecule has 30 nitrogen and oxygen atoms in total. The van der Waals surface area contributed by atoms with Gasteiger partial charge in [-0.15, -0.1) is 0 Å². The summed E-state index contributed by atoms with van der Waals surface area (Å²) in [6.45, 7) is 18.2. The Kier molecular flexibility index (Phi) is 34.7. The number of hydrogen-bond acceptors (Lipinski definition) is 19. The number of benzene rings is 2. The number of carbonyl (C=O) groups excluding carboxylic acids is 11. The van der Waals surface area contributed by atoms with E-state index in [9.17, 15) is 61.2 Å². The summed E-state index contributed by atoms with van der Waals surface area (Å²) < 4.78 is 59.1. The predicted octanol–water partition coefficient (Wildman–Crippen LogP) is 2.41. The van der Waals surface area contributed by atoms with Gasteiger partial charge in [-0.05, 0) is 99.6 Å². The van der Waals surface area contributed by atoms with Crippen LogP contribution in [0, 0.1) is 29.6 Å². The number of nitrogens with one attached hydrogen (secondary N) is 7. The van der Waals surface area contributed by atoms with Crippen LogP contribution >= 0.6 is 0 Å². The molecule has 12 amide bonds. The van der Waals surface area contributed by atoms with Crippen LogP contribution in [0.2, 0.25) is 0 Å². The first kappa shape index (κ1) is 86.7.